The third kappa shape index (κ3) is 4.83. The van der Waals surface area contributed by atoms with Gasteiger partial charge in [-0.2, -0.15) is 5.26 Å². The predicted molar refractivity (Wildman–Crippen MR) is 100 cm³/mol. The van der Waals surface area contributed by atoms with Crippen molar-refractivity contribution in [2.45, 2.75) is 6.92 Å². The van der Waals surface area contributed by atoms with Crippen LogP contribution in [0.1, 0.15) is 12.5 Å². The van der Waals surface area contributed by atoms with E-state index in [1.165, 1.54) is 25.3 Å². The zero-order valence-electron chi connectivity index (χ0n) is 14.2. The molecule has 0 spiro atoms. The molecule has 0 bridgehead atoms. The molecule has 0 aliphatic heterocycles. The molecule has 5 nitrogen and oxygen atoms in total. The third-order valence-electron chi connectivity index (χ3n) is 3.34. The lowest BCUT2D eigenvalue weighted by Gasteiger charge is -2.10. The fraction of sp³-hybridized carbons (Fsp3) is 0.158. The van der Waals surface area contributed by atoms with E-state index in [2.05, 4.69) is 21.2 Å². The standard InChI is InChI=1S/C19H16BrFN2O3/c1-3-26-17-7-4-12(9-18(17)25-2)8-13(11-22)19(24)23-16-6-5-14(20)10-15(16)21/h4-10H,3H2,1-2H3,(H,23,24)/b13-8+. The van der Waals surface area contributed by atoms with Crippen molar-refractivity contribution in [3.8, 4) is 17.6 Å². The zero-order valence-corrected chi connectivity index (χ0v) is 15.8. The van der Waals surface area contributed by atoms with Crippen molar-refractivity contribution in [3.63, 3.8) is 0 Å². The van der Waals surface area contributed by atoms with E-state index in [-0.39, 0.29) is 11.3 Å². The fourth-order valence-electron chi connectivity index (χ4n) is 2.14. The highest BCUT2D eigenvalue weighted by Gasteiger charge is 2.13. The molecule has 0 atom stereocenters. The Balaban J connectivity index is 2.26. The molecular formula is C19H16BrFN2O3. The predicted octanol–water partition coefficient (Wildman–Crippen LogP) is 4.54. The molecule has 0 unspecified atom stereocenters. The summed E-state index contributed by atoms with van der Waals surface area (Å²) in [5, 5.41) is 11.7. The molecule has 1 N–H and O–H groups in total. The highest BCUT2D eigenvalue weighted by molar-refractivity contribution is 9.10. The number of benzene rings is 2. The van der Waals surface area contributed by atoms with E-state index in [4.69, 9.17) is 9.47 Å². The van der Waals surface area contributed by atoms with E-state index in [1.54, 1.807) is 24.3 Å². The first kappa shape index (κ1) is 19.5. The van der Waals surface area contributed by atoms with Crippen molar-refractivity contribution in [2.75, 3.05) is 19.0 Å². The van der Waals surface area contributed by atoms with Crippen molar-refractivity contribution in [3.05, 3.63) is 57.8 Å². The average Bonchev–Trinajstić information content (AvgIpc) is 2.63. The SMILES string of the molecule is CCOc1ccc(/C=C(\C#N)C(=O)Nc2ccc(Br)cc2F)cc1OC. The van der Waals surface area contributed by atoms with Gasteiger partial charge in [-0.05, 0) is 48.9 Å². The molecule has 26 heavy (non-hydrogen) atoms. The third-order valence-corrected chi connectivity index (χ3v) is 3.84. The second-order valence-electron chi connectivity index (χ2n) is 5.09. The summed E-state index contributed by atoms with van der Waals surface area (Å²) in [4.78, 5) is 12.3. The maximum Gasteiger partial charge on any atom is 0.266 e. The summed E-state index contributed by atoms with van der Waals surface area (Å²) >= 11 is 3.14. The molecule has 0 saturated heterocycles. The van der Waals surface area contributed by atoms with Gasteiger partial charge in [-0.1, -0.05) is 22.0 Å². The number of ether oxygens (including phenoxy) is 2. The van der Waals surface area contributed by atoms with Gasteiger partial charge >= 0.3 is 0 Å². The number of hydrogen-bond acceptors (Lipinski definition) is 4. The van der Waals surface area contributed by atoms with Gasteiger partial charge in [-0.3, -0.25) is 4.79 Å². The van der Waals surface area contributed by atoms with Gasteiger partial charge in [0.1, 0.15) is 17.5 Å². The van der Waals surface area contributed by atoms with Crippen LogP contribution in [0.25, 0.3) is 6.08 Å². The number of carbonyl (C=O) groups excluding carboxylic acids is 1. The monoisotopic (exact) mass is 418 g/mol. The number of carbonyl (C=O) groups is 1. The Morgan fingerprint density at radius 1 is 1.31 bits per heavy atom. The maximum absolute atomic E-state index is 13.8. The van der Waals surface area contributed by atoms with Crippen molar-refractivity contribution < 1.29 is 18.7 Å². The number of hydrogen-bond donors (Lipinski definition) is 1. The Morgan fingerprint density at radius 2 is 2.08 bits per heavy atom. The molecule has 2 aromatic carbocycles. The summed E-state index contributed by atoms with van der Waals surface area (Å²) in [6.45, 7) is 2.34. The number of nitrogens with zero attached hydrogens (tertiary/aromatic N) is 1. The van der Waals surface area contributed by atoms with Gasteiger partial charge in [0.25, 0.3) is 5.91 Å². The number of rotatable bonds is 6. The van der Waals surface area contributed by atoms with Crippen LogP contribution in [0.3, 0.4) is 0 Å². The first-order valence-electron chi connectivity index (χ1n) is 7.67. The summed E-state index contributed by atoms with van der Waals surface area (Å²) in [5.74, 6) is -0.265. The summed E-state index contributed by atoms with van der Waals surface area (Å²) in [7, 11) is 1.50. The molecule has 7 heteroatoms. The molecule has 0 aliphatic carbocycles. The first-order valence-corrected chi connectivity index (χ1v) is 8.46. The molecule has 0 radical (unpaired) electrons. The molecule has 1 amide bonds. The molecule has 134 valence electrons. The Morgan fingerprint density at radius 3 is 2.69 bits per heavy atom. The summed E-state index contributed by atoms with van der Waals surface area (Å²) in [6.07, 6.45) is 1.39. The van der Waals surface area contributed by atoms with Crippen LogP contribution in [0.5, 0.6) is 11.5 Å². The normalized spacial score (nSPS) is 10.8. The molecule has 2 rings (SSSR count). The topological polar surface area (TPSA) is 71.3 Å². The number of nitriles is 1. The fourth-order valence-corrected chi connectivity index (χ4v) is 2.48. The van der Waals surface area contributed by atoms with Crippen LogP contribution in [-0.4, -0.2) is 19.6 Å². The highest BCUT2D eigenvalue weighted by Crippen LogP contribution is 2.29. The smallest absolute Gasteiger partial charge is 0.266 e. The van der Waals surface area contributed by atoms with Gasteiger partial charge in [-0.15, -0.1) is 0 Å². The van der Waals surface area contributed by atoms with Gasteiger partial charge < -0.3 is 14.8 Å². The van der Waals surface area contributed by atoms with E-state index in [0.29, 0.717) is 28.1 Å². The highest BCUT2D eigenvalue weighted by atomic mass is 79.9. The number of halogens is 2. The van der Waals surface area contributed by atoms with Gasteiger partial charge in [0.15, 0.2) is 11.5 Å². The van der Waals surface area contributed by atoms with Crippen molar-refractivity contribution in [2.24, 2.45) is 0 Å². The Kier molecular flexibility index (Phi) is 6.75. The molecule has 2 aromatic rings. The Hall–Kier alpha value is -2.85. The van der Waals surface area contributed by atoms with Crippen LogP contribution >= 0.6 is 15.9 Å². The Labute approximate surface area is 159 Å². The summed E-state index contributed by atoms with van der Waals surface area (Å²) in [5.41, 5.74) is 0.399. The van der Waals surface area contributed by atoms with Gasteiger partial charge in [0, 0.05) is 4.47 Å². The van der Waals surface area contributed by atoms with Gasteiger partial charge in [0.2, 0.25) is 0 Å². The molecule has 0 aromatic heterocycles. The van der Waals surface area contributed by atoms with Crippen LogP contribution < -0.4 is 14.8 Å². The van der Waals surface area contributed by atoms with E-state index >= 15 is 0 Å². The van der Waals surface area contributed by atoms with Crippen LogP contribution in [-0.2, 0) is 4.79 Å². The molecule has 0 aliphatic rings. The lowest BCUT2D eigenvalue weighted by molar-refractivity contribution is -0.112. The number of nitrogens with one attached hydrogen (secondary N) is 1. The average molecular weight is 419 g/mol. The van der Waals surface area contributed by atoms with Crippen molar-refractivity contribution >= 4 is 33.6 Å². The van der Waals surface area contributed by atoms with Crippen LogP contribution in [0, 0.1) is 17.1 Å². The first-order chi connectivity index (χ1) is 12.5. The molecule has 0 saturated carbocycles. The van der Waals surface area contributed by atoms with E-state index < -0.39 is 11.7 Å². The second kappa shape index (κ2) is 9.02. The van der Waals surface area contributed by atoms with Crippen LogP contribution in [0.2, 0.25) is 0 Å². The number of amides is 1. The minimum Gasteiger partial charge on any atom is -0.493 e. The minimum absolute atomic E-state index is 0.0105. The number of anilines is 1. The minimum atomic E-state index is -0.707. The zero-order chi connectivity index (χ0) is 19.1. The van der Waals surface area contributed by atoms with Crippen LogP contribution in [0.4, 0.5) is 10.1 Å². The molecule has 0 fully saturated rings. The van der Waals surface area contributed by atoms with Gasteiger partial charge in [-0.25, -0.2) is 4.39 Å². The van der Waals surface area contributed by atoms with Crippen molar-refractivity contribution in [1.29, 1.82) is 5.26 Å². The maximum atomic E-state index is 13.8. The van der Waals surface area contributed by atoms with Gasteiger partial charge in [0.05, 0.1) is 19.4 Å². The Bertz CT molecular complexity index is 891. The van der Waals surface area contributed by atoms with E-state index in [1.807, 2.05) is 13.0 Å². The lowest BCUT2D eigenvalue weighted by atomic mass is 10.1. The summed E-state index contributed by atoms with van der Waals surface area (Å²) < 4.78 is 25.1. The summed E-state index contributed by atoms with van der Waals surface area (Å²) in [6, 6.07) is 11.1. The lowest BCUT2D eigenvalue weighted by Crippen LogP contribution is -2.14. The van der Waals surface area contributed by atoms with Crippen molar-refractivity contribution in [1.82, 2.24) is 0 Å². The quantitative estimate of drug-likeness (QED) is 0.551. The van der Waals surface area contributed by atoms with E-state index in [9.17, 15) is 14.4 Å². The number of methoxy groups -OCH3 is 1. The second-order valence-corrected chi connectivity index (χ2v) is 6.01. The van der Waals surface area contributed by atoms with E-state index in [0.717, 1.165) is 0 Å². The van der Waals surface area contributed by atoms with Crippen LogP contribution in [0.15, 0.2) is 46.4 Å². The molecule has 0 heterocycles. The largest absolute Gasteiger partial charge is 0.493 e. The molecular weight excluding hydrogens is 403 g/mol.